The Balaban J connectivity index is 1.34. The zero-order valence-electron chi connectivity index (χ0n) is 29.2. The average Bonchev–Trinajstić information content (AvgIpc) is 3.06. The summed E-state index contributed by atoms with van der Waals surface area (Å²) in [5, 5.41) is 21.6. The monoisotopic (exact) mass is 674 g/mol. The Kier molecular flexibility index (Phi) is 12.1. The SMILES string of the molecule is CC(C)(C)NC(=O)[C@@H]1C[C@@H]2CCCC[C@@H]2CN1C[C@@H](O)[C@H](CC1C=CCCC1)NC(=O)[C@H](CC(N)=O)NC(=O)c1ccc2ccccc2n1. The first-order chi connectivity index (χ1) is 23.4. The fourth-order valence-electron chi connectivity index (χ4n) is 7.83. The highest BCUT2D eigenvalue weighted by Gasteiger charge is 2.42. The summed E-state index contributed by atoms with van der Waals surface area (Å²) < 4.78 is 0. The molecule has 11 nitrogen and oxygen atoms in total. The number of hydrogen-bond acceptors (Lipinski definition) is 7. The predicted octanol–water partition coefficient (Wildman–Crippen LogP) is 3.60. The highest BCUT2D eigenvalue weighted by atomic mass is 16.3. The number of rotatable bonds is 12. The second-order valence-electron chi connectivity index (χ2n) is 15.4. The number of aliphatic hydroxyl groups excluding tert-OH is 1. The lowest BCUT2D eigenvalue weighted by Crippen LogP contribution is -2.61. The Morgan fingerprint density at radius 3 is 2.47 bits per heavy atom. The zero-order valence-corrected chi connectivity index (χ0v) is 29.2. The van der Waals surface area contributed by atoms with Crippen molar-refractivity contribution in [3.8, 4) is 0 Å². The number of primary amides is 1. The van der Waals surface area contributed by atoms with Gasteiger partial charge in [0, 0.05) is 24.0 Å². The summed E-state index contributed by atoms with van der Waals surface area (Å²) in [6, 6.07) is 8.38. The number of allylic oxidation sites excluding steroid dienone is 2. The first-order valence-corrected chi connectivity index (χ1v) is 18.0. The standard InChI is InChI=1S/C38H54N6O5/c1-38(2,3)43-37(49)32-20-26-14-7-8-15-27(26)22-44(32)23-33(45)30(19-24-11-5-4-6-12-24)41-36(48)31(21-34(39)46)42-35(47)29-18-17-25-13-9-10-16-28(25)40-29/h5,9-11,13,16-18,24,26-27,30-33,45H,4,6-8,12,14-15,19-23H2,1-3H3,(H2,39,46)(H,41,48)(H,42,47)(H,43,49)/t24?,26-,27+,30-,31-,32-,33+/m0/s1. The topological polar surface area (TPSA) is 167 Å². The van der Waals surface area contributed by atoms with E-state index in [1.54, 1.807) is 18.2 Å². The molecule has 1 aliphatic heterocycles. The average molecular weight is 675 g/mol. The predicted molar refractivity (Wildman–Crippen MR) is 189 cm³/mol. The van der Waals surface area contributed by atoms with Crippen LogP contribution in [0, 0.1) is 17.8 Å². The number of fused-ring (bicyclic) bond motifs is 2. The fraction of sp³-hybridized carbons (Fsp3) is 0.605. The molecular formula is C38H54N6O5. The molecule has 0 spiro atoms. The van der Waals surface area contributed by atoms with Crippen LogP contribution in [0.2, 0.25) is 0 Å². The first kappa shape index (κ1) is 36.5. The van der Waals surface area contributed by atoms with E-state index < -0.39 is 47.9 Å². The lowest BCUT2D eigenvalue weighted by Gasteiger charge is -2.47. The maximum atomic E-state index is 13.9. The van der Waals surface area contributed by atoms with Crippen molar-refractivity contribution < 1.29 is 24.3 Å². The lowest BCUT2D eigenvalue weighted by molar-refractivity contribution is -0.133. The molecule has 1 aromatic carbocycles. The van der Waals surface area contributed by atoms with Crippen LogP contribution >= 0.6 is 0 Å². The van der Waals surface area contributed by atoms with Crippen molar-refractivity contribution >= 4 is 34.5 Å². The summed E-state index contributed by atoms with van der Waals surface area (Å²) in [7, 11) is 0. The third-order valence-corrected chi connectivity index (χ3v) is 10.3. The largest absolute Gasteiger partial charge is 0.390 e. The second-order valence-corrected chi connectivity index (χ2v) is 15.4. The molecule has 1 saturated carbocycles. The van der Waals surface area contributed by atoms with Gasteiger partial charge in [-0.05, 0) is 89.2 Å². The van der Waals surface area contributed by atoms with Crippen LogP contribution in [-0.4, -0.2) is 81.5 Å². The third kappa shape index (κ3) is 10.1. The van der Waals surface area contributed by atoms with Gasteiger partial charge in [-0.1, -0.05) is 55.7 Å². The van der Waals surface area contributed by atoms with Crippen LogP contribution in [0.25, 0.3) is 10.9 Å². The number of benzene rings is 1. The summed E-state index contributed by atoms with van der Waals surface area (Å²) in [6.45, 7) is 6.83. The molecule has 2 heterocycles. The Morgan fingerprint density at radius 1 is 1.00 bits per heavy atom. The number of carbonyl (C=O) groups is 4. The zero-order chi connectivity index (χ0) is 35.1. The second kappa shape index (κ2) is 16.3. The summed E-state index contributed by atoms with van der Waals surface area (Å²) in [6.07, 6.45) is 11.6. The molecule has 266 valence electrons. The van der Waals surface area contributed by atoms with Gasteiger partial charge in [-0.3, -0.25) is 24.1 Å². The molecule has 2 aliphatic carbocycles. The molecule has 49 heavy (non-hydrogen) atoms. The van der Waals surface area contributed by atoms with Crippen molar-refractivity contribution in [1.82, 2.24) is 25.8 Å². The van der Waals surface area contributed by atoms with Crippen molar-refractivity contribution in [3.05, 3.63) is 54.2 Å². The van der Waals surface area contributed by atoms with Gasteiger partial charge in [0.15, 0.2) is 0 Å². The van der Waals surface area contributed by atoms with Crippen LogP contribution in [0.1, 0.15) is 95.5 Å². The third-order valence-electron chi connectivity index (χ3n) is 10.3. The van der Waals surface area contributed by atoms with Gasteiger partial charge >= 0.3 is 0 Å². The Morgan fingerprint density at radius 2 is 1.76 bits per heavy atom. The van der Waals surface area contributed by atoms with Crippen LogP contribution in [0.15, 0.2) is 48.6 Å². The molecule has 0 bridgehead atoms. The van der Waals surface area contributed by atoms with Crippen molar-refractivity contribution in [3.63, 3.8) is 0 Å². The van der Waals surface area contributed by atoms with E-state index in [1.165, 1.54) is 12.8 Å². The maximum absolute atomic E-state index is 13.9. The summed E-state index contributed by atoms with van der Waals surface area (Å²) in [5.74, 6) is -0.909. The van der Waals surface area contributed by atoms with Crippen LogP contribution < -0.4 is 21.7 Å². The number of para-hydroxylation sites is 1. The molecule has 2 aromatic rings. The molecule has 2 fully saturated rings. The number of piperidine rings is 1. The van der Waals surface area contributed by atoms with E-state index in [0.29, 0.717) is 30.3 Å². The van der Waals surface area contributed by atoms with E-state index >= 15 is 0 Å². The van der Waals surface area contributed by atoms with Crippen molar-refractivity contribution in [2.75, 3.05) is 13.1 Å². The molecule has 1 unspecified atom stereocenters. The van der Waals surface area contributed by atoms with Gasteiger partial charge in [-0.25, -0.2) is 4.98 Å². The molecular weight excluding hydrogens is 620 g/mol. The van der Waals surface area contributed by atoms with Gasteiger partial charge in [-0.15, -0.1) is 0 Å². The Bertz CT molecular complexity index is 1520. The number of likely N-dealkylation sites (tertiary alicyclic amines) is 1. The molecule has 4 amide bonds. The molecule has 6 N–H and O–H groups in total. The minimum absolute atomic E-state index is 0.0361. The highest BCUT2D eigenvalue weighted by Crippen LogP contribution is 2.39. The van der Waals surface area contributed by atoms with Crippen LogP contribution in [0.4, 0.5) is 0 Å². The highest BCUT2D eigenvalue weighted by molar-refractivity contribution is 5.99. The van der Waals surface area contributed by atoms with Crippen molar-refractivity contribution in [1.29, 1.82) is 0 Å². The van der Waals surface area contributed by atoms with E-state index in [9.17, 15) is 24.3 Å². The van der Waals surface area contributed by atoms with Gasteiger partial charge < -0.3 is 26.8 Å². The lowest BCUT2D eigenvalue weighted by atomic mass is 9.72. The maximum Gasteiger partial charge on any atom is 0.270 e. The van der Waals surface area contributed by atoms with Gasteiger partial charge in [0.25, 0.3) is 5.91 Å². The van der Waals surface area contributed by atoms with E-state index in [4.69, 9.17) is 5.73 Å². The van der Waals surface area contributed by atoms with Crippen LogP contribution in [-0.2, 0) is 14.4 Å². The van der Waals surface area contributed by atoms with E-state index in [2.05, 4.69) is 38.0 Å². The first-order valence-electron chi connectivity index (χ1n) is 18.0. The van der Waals surface area contributed by atoms with Crippen LogP contribution in [0.5, 0.6) is 0 Å². The Hall–Kier alpha value is -3.83. The summed E-state index contributed by atoms with van der Waals surface area (Å²) >= 11 is 0. The molecule has 5 rings (SSSR count). The molecule has 11 heteroatoms. The number of carbonyl (C=O) groups excluding carboxylic acids is 4. The number of pyridine rings is 1. The Labute approximate surface area is 289 Å². The number of aromatic nitrogens is 1. The quantitative estimate of drug-likeness (QED) is 0.215. The molecule has 1 saturated heterocycles. The number of nitrogens with one attached hydrogen (secondary N) is 3. The van der Waals surface area contributed by atoms with Gasteiger partial charge in [0.05, 0.1) is 30.1 Å². The number of aliphatic hydroxyl groups is 1. The minimum Gasteiger partial charge on any atom is -0.390 e. The summed E-state index contributed by atoms with van der Waals surface area (Å²) in [4.78, 5) is 59.4. The fourth-order valence-corrected chi connectivity index (χ4v) is 7.83. The van der Waals surface area contributed by atoms with Gasteiger partial charge in [0.1, 0.15) is 11.7 Å². The van der Waals surface area contributed by atoms with Crippen molar-refractivity contribution in [2.24, 2.45) is 23.5 Å². The number of amides is 4. The van der Waals surface area contributed by atoms with E-state index in [-0.39, 0.29) is 30.1 Å². The van der Waals surface area contributed by atoms with E-state index in [1.807, 2.05) is 39.0 Å². The minimum atomic E-state index is -1.27. The number of nitrogens with zero attached hydrogens (tertiary/aromatic N) is 2. The van der Waals surface area contributed by atoms with Gasteiger partial charge in [0.2, 0.25) is 17.7 Å². The molecule has 3 aliphatic rings. The summed E-state index contributed by atoms with van der Waals surface area (Å²) in [5.41, 5.74) is 5.88. The molecule has 0 radical (unpaired) electrons. The molecule has 1 aromatic heterocycles. The van der Waals surface area contributed by atoms with E-state index in [0.717, 1.165) is 43.9 Å². The smallest absolute Gasteiger partial charge is 0.270 e. The molecule has 7 atom stereocenters. The van der Waals surface area contributed by atoms with Gasteiger partial charge in [-0.2, -0.15) is 0 Å². The normalized spacial score (nSPS) is 24.7. The van der Waals surface area contributed by atoms with Crippen LogP contribution in [0.3, 0.4) is 0 Å². The number of β-amino-alcohol motifs (C(OH)–C–C–N with tert-alkyl or cyclic N) is 1. The number of hydrogen-bond donors (Lipinski definition) is 5. The van der Waals surface area contributed by atoms with Crippen molar-refractivity contribution in [2.45, 2.75) is 115 Å². The number of nitrogens with two attached hydrogens (primary N) is 1.